The minimum absolute atomic E-state index is 0.451. The summed E-state index contributed by atoms with van der Waals surface area (Å²) in [6, 6.07) is 0. The molecule has 0 saturated heterocycles. The van der Waals surface area contributed by atoms with E-state index in [2.05, 4.69) is 19.1 Å². The zero-order valence-corrected chi connectivity index (χ0v) is 16.9. The molecule has 0 aromatic carbocycles. The lowest BCUT2D eigenvalue weighted by Crippen LogP contribution is -2.08. The van der Waals surface area contributed by atoms with E-state index in [0.29, 0.717) is 13.2 Å². The smallest absolute Gasteiger partial charge is 0.434 e. The Morgan fingerprint density at radius 3 is 1.64 bits per heavy atom. The average molecular weight is 355 g/mol. The van der Waals surface area contributed by atoms with E-state index in [1.54, 1.807) is 0 Å². The summed E-state index contributed by atoms with van der Waals surface area (Å²) in [5.74, 6) is 0. The Hall–Kier alpha value is -0.990. The maximum absolute atomic E-state index is 11.1. The van der Waals surface area contributed by atoms with Gasteiger partial charge in [-0.2, -0.15) is 0 Å². The van der Waals surface area contributed by atoms with Crippen LogP contribution in [0.3, 0.4) is 0 Å². The number of rotatable bonds is 18. The molecule has 0 atom stereocenters. The van der Waals surface area contributed by atoms with Gasteiger partial charge in [-0.05, 0) is 38.5 Å². The Morgan fingerprint density at radius 2 is 1.08 bits per heavy atom. The van der Waals surface area contributed by atoms with Crippen molar-refractivity contribution in [2.45, 2.75) is 110 Å². The Balaban J connectivity index is 3.13. The number of unbranched alkanes of at least 4 members (excludes halogenated alkanes) is 12. The van der Waals surface area contributed by atoms with Crippen LogP contribution < -0.4 is 0 Å². The largest absolute Gasteiger partial charge is 0.508 e. The number of carbonyl (C=O) groups excluding carboxylic acids is 1. The van der Waals surface area contributed by atoms with E-state index in [9.17, 15) is 4.79 Å². The molecule has 0 spiro atoms. The van der Waals surface area contributed by atoms with E-state index in [0.717, 1.165) is 19.3 Å². The molecule has 0 fully saturated rings. The molecule has 0 aliphatic rings. The molecule has 0 N–H and O–H groups in total. The summed E-state index contributed by atoms with van der Waals surface area (Å²) in [5.41, 5.74) is 0. The fourth-order valence-electron chi connectivity index (χ4n) is 2.73. The molecule has 0 aromatic rings. The van der Waals surface area contributed by atoms with Crippen molar-refractivity contribution in [3.05, 3.63) is 12.2 Å². The first-order valence-electron chi connectivity index (χ1n) is 10.8. The third kappa shape index (κ3) is 21.0. The van der Waals surface area contributed by atoms with Crippen molar-refractivity contribution in [1.29, 1.82) is 0 Å². The molecule has 148 valence electrons. The topological polar surface area (TPSA) is 35.5 Å². The number of ether oxygens (including phenoxy) is 2. The highest BCUT2D eigenvalue weighted by Crippen LogP contribution is 2.10. The van der Waals surface area contributed by atoms with Crippen LogP contribution in [0.15, 0.2) is 12.2 Å². The molecule has 0 unspecified atom stereocenters. The van der Waals surface area contributed by atoms with E-state index in [1.807, 2.05) is 6.92 Å². The first-order chi connectivity index (χ1) is 12.3. The molecule has 25 heavy (non-hydrogen) atoms. The second-order valence-corrected chi connectivity index (χ2v) is 6.88. The predicted molar refractivity (Wildman–Crippen MR) is 107 cm³/mol. The van der Waals surface area contributed by atoms with E-state index in [-0.39, 0.29) is 0 Å². The van der Waals surface area contributed by atoms with Gasteiger partial charge >= 0.3 is 6.16 Å². The van der Waals surface area contributed by atoms with Gasteiger partial charge in [0.15, 0.2) is 0 Å². The molecule has 0 rings (SSSR count). The average Bonchev–Trinajstić information content (AvgIpc) is 2.62. The fourth-order valence-corrected chi connectivity index (χ4v) is 2.73. The van der Waals surface area contributed by atoms with Crippen molar-refractivity contribution < 1.29 is 14.3 Å². The van der Waals surface area contributed by atoms with Crippen LogP contribution in [-0.2, 0) is 9.47 Å². The third-order valence-electron chi connectivity index (χ3n) is 4.30. The van der Waals surface area contributed by atoms with Gasteiger partial charge in [0.2, 0.25) is 0 Å². The monoisotopic (exact) mass is 354 g/mol. The van der Waals surface area contributed by atoms with Gasteiger partial charge in [-0.3, -0.25) is 0 Å². The highest BCUT2D eigenvalue weighted by Gasteiger charge is 2.01. The minimum atomic E-state index is -0.519. The van der Waals surface area contributed by atoms with E-state index < -0.39 is 6.16 Å². The molecule has 0 aliphatic carbocycles. The molecular formula is C22H42O3. The summed E-state index contributed by atoms with van der Waals surface area (Å²) in [6.07, 6.45) is 23.0. The highest BCUT2D eigenvalue weighted by molar-refractivity contribution is 5.59. The normalized spacial score (nSPS) is 11.1. The highest BCUT2D eigenvalue weighted by atomic mass is 16.7. The molecule has 0 radical (unpaired) electrons. The number of carbonyl (C=O) groups is 1. The van der Waals surface area contributed by atoms with E-state index >= 15 is 0 Å². The summed E-state index contributed by atoms with van der Waals surface area (Å²) in [5, 5.41) is 0. The van der Waals surface area contributed by atoms with Gasteiger partial charge in [-0.25, -0.2) is 4.79 Å². The van der Waals surface area contributed by atoms with Crippen molar-refractivity contribution >= 4 is 6.16 Å². The molecule has 0 bridgehead atoms. The van der Waals surface area contributed by atoms with Crippen molar-refractivity contribution in [1.82, 2.24) is 0 Å². The molecule has 0 saturated carbocycles. The minimum Gasteiger partial charge on any atom is -0.434 e. The number of hydrogen-bond acceptors (Lipinski definition) is 3. The van der Waals surface area contributed by atoms with Gasteiger partial charge in [-0.1, -0.05) is 83.8 Å². The molecule has 0 amide bonds. The lowest BCUT2D eigenvalue weighted by atomic mass is 10.1. The second kappa shape index (κ2) is 21.1. The van der Waals surface area contributed by atoms with Crippen LogP contribution >= 0.6 is 0 Å². The molecule has 3 heteroatoms. The van der Waals surface area contributed by atoms with Crippen LogP contribution in [-0.4, -0.2) is 19.4 Å². The first kappa shape index (κ1) is 24.0. The maximum atomic E-state index is 11.1. The SMILES string of the molecule is CCCCCCCC/C=C/CCCCCCCCOC(=O)OCCC. The van der Waals surface area contributed by atoms with Crippen molar-refractivity contribution in [3.63, 3.8) is 0 Å². The third-order valence-corrected chi connectivity index (χ3v) is 4.30. The zero-order valence-electron chi connectivity index (χ0n) is 16.9. The second-order valence-electron chi connectivity index (χ2n) is 6.88. The Morgan fingerprint density at radius 1 is 0.600 bits per heavy atom. The van der Waals surface area contributed by atoms with Crippen LogP contribution in [0.25, 0.3) is 0 Å². The molecule has 0 aliphatic heterocycles. The lowest BCUT2D eigenvalue weighted by molar-refractivity contribution is 0.0541. The van der Waals surface area contributed by atoms with Crippen LogP contribution in [0.4, 0.5) is 4.79 Å². The molecular weight excluding hydrogens is 312 g/mol. The van der Waals surface area contributed by atoms with Crippen molar-refractivity contribution in [3.8, 4) is 0 Å². The first-order valence-corrected chi connectivity index (χ1v) is 10.8. The van der Waals surface area contributed by atoms with Gasteiger partial charge < -0.3 is 9.47 Å². The van der Waals surface area contributed by atoms with Gasteiger partial charge in [0.05, 0.1) is 13.2 Å². The zero-order chi connectivity index (χ0) is 18.4. The van der Waals surface area contributed by atoms with E-state index in [1.165, 1.54) is 77.0 Å². The van der Waals surface area contributed by atoms with Crippen LogP contribution in [0.1, 0.15) is 110 Å². The predicted octanol–water partition coefficient (Wildman–Crippen LogP) is 7.59. The molecule has 3 nitrogen and oxygen atoms in total. The van der Waals surface area contributed by atoms with E-state index in [4.69, 9.17) is 9.47 Å². The fraction of sp³-hybridized carbons (Fsp3) is 0.864. The Bertz CT molecular complexity index is 300. The van der Waals surface area contributed by atoms with Gasteiger partial charge in [0, 0.05) is 0 Å². The summed E-state index contributed by atoms with van der Waals surface area (Å²) >= 11 is 0. The van der Waals surface area contributed by atoms with Crippen molar-refractivity contribution in [2.24, 2.45) is 0 Å². The molecule has 0 aromatic heterocycles. The van der Waals surface area contributed by atoms with Crippen molar-refractivity contribution in [2.75, 3.05) is 13.2 Å². The summed E-state index contributed by atoms with van der Waals surface area (Å²) in [4.78, 5) is 11.1. The van der Waals surface area contributed by atoms with Crippen LogP contribution in [0.2, 0.25) is 0 Å². The van der Waals surface area contributed by atoms with Gasteiger partial charge in [0.25, 0.3) is 0 Å². The maximum Gasteiger partial charge on any atom is 0.508 e. The summed E-state index contributed by atoms with van der Waals surface area (Å²) in [7, 11) is 0. The quantitative estimate of drug-likeness (QED) is 0.144. The summed E-state index contributed by atoms with van der Waals surface area (Å²) in [6.45, 7) is 5.18. The van der Waals surface area contributed by atoms with Crippen LogP contribution in [0.5, 0.6) is 0 Å². The lowest BCUT2D eigenvalue weighted by Gasteiger charge is -2.05. The Kier molecular flexibility index (Phi) is 20.2. The summed E-state index contributed by atoms with van der Waals surface area (Å²) < 4.78 is 9.85. The number of allylic oxidation sites excluding steroid dienone is 2. The Labute approximate surface area is 156 Å². The van der Waals surface area contributed by atoms with Gasteiger partial charge in [0.1, 0.15) is 0 Å². The molecule has 0 heterocycles. The van der Waals surface area contributed by atoms with Crippen LogP contribution in [0, 0.1) is 0 Å². The number of hydrogen-bond donors (Lipinski definition) is 0. The standard InChI is InChI=1S/C22H42O3/c1-3-5-6-7-8-9-10-11-12-13-14-15-16-17-18-19-21-25-22(23)24-20-4-2/h11-12H,3-10,13-21H2,1-2H3/b12-11+. The van der Waals surface area contributed by atoms with Gasteiger partial charge in [-0.15, -0.1) is 0 Å².